The van der Waals surface area contributed by atoms with Gasteiger partial charge in [0.25, 0.3) is 5.91 Å². The predicted molar refractivity (Wildman–Crippen MR) is 62.8 cm³/mol. The van der Waals surface area contributed by atoms with E-state index in [-0.39, 0.29) is 11.0 Å². The minimum atomic E-state index is -0.308. The molecule has 0 fully saturated rings. The van der Waals surface area contributed by atoms with E-state index in [2.05, 4.69) is 12.0 Å². The van der Waals surface area contributed by atoms with Gasteiger partial charge in [-0.2, -0.15) is 0 Å². The van der Waals surface area contributed by atoms with Crippen LogP contribution in [0.25, 0.3) is 0 Å². The first-order valence-electron chi connectivity index (χ1n) is 4.28. The zero-order chi connectivity index (χ0) is 11.3. The van der Waals surface area contributed by atoms with Gasteiger partial charge in [0.1, 0.15) is 0 Å². The molecule has 0 bridgehead atoms. The number of amides is 1. The van der Waals surface area contributed by atoms with Crippen LogP contribution in [0.15, 0.2) is 30.3 Å². The fraction of sp³-hybridized carbons (Fsp3) is 0.0909. The zero-order valence-corrected chi connectivity index (χ0v) is 9.04. The van der Waals surface area contributed by atoms with Gasteiger partial charge in [-0.3, -0.25) is 4.79 Å². The maximum Gasteiger partial charge on any atom is 0.271 e. The highest BCUT2D eigenvalue weighted by atomic mass is 32.1. The zero-order valence-electron chi connectivity index (χ0n) is 8.23. The van der Waals surface area contributed by atoms with E-state index in [1.54, 1.807) is 31.2 Å². The van der Waals surface area contributed by atoms with Gasteiger partial charge in [-0.25, -0.2) is 4.90 Å². The van der Waals surface area contributed by atoms with Crippen molar-refractivity contribution >= 4 is 23.2 Å². The second-order valence-corrected chi connectivity index (χ2v) is 3.12. The lowest BCUT2D eigenvalue weighted by atomic mass is 10.2. The smallest absolute Gasteiger partial charge is 0.271 e. The lowest BCUT2D eigenvalue weighted by Gasteiger charge is -2.12. The molecular weight excluding hydrogens is 208 g/mol. The molecule has 1 rings (SSSR count). The monoisotopic (exact) mass is 218 g/mol. The minimum Gasteiger partial charge on any atom is -0.375 e. The summed E-state index contributed by atoms with van der Waals surface area (Å²) in [6.45, 7) is 1.61. The topological polar surface area (TPSA) is 46.3 Å². The molecule has 0 aliphatic heterocycles. The molecule has 1 aromatic rings. The summed E-state index contributed by atoms with van der Waals surface area (Å²) in [4.78, 5) is 12.9. The summed E-state index contributed by atoms with van der Waals surface area (Å²) in [6.07, 6.45) is 0. The first-order chi connectivity index (χ1) is 7.16. The summed E-state index contributed by atoms with van der Waals surface area (Å²) in [5, 5.41) is -0.0433. The minimum absolute atomic E-state index is 0.0433. The Morgan fingerprint density at radius 1 is 1.40 bits per heavy atom. The van der Waals surface area contributed by atoms with Crippen molar-refractivity contribution < 1.29 is 4.79 Å². The van der Waals surface area contributed by atoms with Gasteiger partial charge in [-0.1, -0.05) is 24.1 Å². The molecule has 2 N–H and O–H groups in total. The third-order valence-corrected chi connectivity index (χ3v) is 1.85. The van der Waals surface area contributed by atoms with Crippen LogP contribution < -0.4 is 5.73 Å². The van der Waals surface area contributed by atoms with Gasteiger partial charge in [0.2, 0.25) is 0 Å². The highest BCUT2D eigenvalue weighted by Gasteiger charge is 2.15. The van der Waals surface area contributed by atoms with Gasteiger partial charge < -0.3 is 5.73 Å². The molecule has 1 aromatic carbocycles. The van der Waals surface area contributed by atoms with Crippen LogP contribution in [0.5, 0.6) is 0 Å². The number of hydrogen-bond acceptors (Lipinski definition) is 2. The van der Waals surface area contributed by atoms with Gasteiger partial charge in [0.15, 0.2) is 5.11 Å². The van der Waals surface area contributed by atoms with E-state index in [0.29, 0.717) is 5.56 Å². The summed E-state index contributed by atoms with van der Waals surface area (Å²) in [6, 6.07) is 11.3. The summed E-state index contributed by atoms with van der Waals surface area (Å²) < 4.78 is 0. The van der Waals surface area contributed by atoms with E-state index in [1.165, 1.54) is 0 Å². The van der Waals surface area contributed by atoms with E-state index in [9.17, 15) is 4.79 Å². The Kier molecular flexibility index (Phi) is 3.83. The molecule has 0 aliphatic rings. The number of nitrogens with zero attached hydrogens (tertiary/aromatic N) is 1. The maximum atomic E-state index is 11.8. The Bertz CT molecular complexity index is 431. The van der Waals surface area contributed by atoms with E-state index >= 15 is 0 Å². The predicted octanol–water partition coefficient (Wildman–Crippen LogP) is 1.35. The summed E-state index contributed by atoms with van der Waals surface area (Å²) >= 11 is 4.74. The van der Waals surface area contributed by atoms with Crippen LogP contribution in [0.3, 0.4) is 0 Å². The molecule has 0 radical (unpaired) electrons. The first-order valence-corrected chi connectivity index (χ1v) is 4.69. The molecule has 0 saturated heterocycles. The second-order valence-electron chi connectivity index (χ2n) is 2.71. The lowest BCUT2D eigenvalue weighted by molar-refractivity contribution is 0.0896. The van der Waals surface area contributed by atoms with Crippen LogP contribution >= 0.6 is 12.2 Å². The summed E-state index contributed by atoms with van der Waals surface area (Å²) in [5.41, 5.74) is 5.90. The molecule has 0 heterocycles. The van der Waals surface area contributed by atoms with Crippen molar-refractivity contribution in [2.75, 3.05) is 0 Å². The van der Waals surface area contributed by atoms with Crippen molar-refractivity contribution in [3.05, 3.63) is 35.9 Å². The van der Waals surface area contributed by atoms with Crippen LogP contribution in [0.1, 0.15) is 17.3 Å². The highest BCUT2D eigenvalue weighted by Crippen LogP contribution is 2.03. The Balaban J connectivity index is 3.00. The molecule has 0 unspecified atom stereocenters. The molecule has 0 atom stereocenters. The van der Waals surface area contributed by atoms with Gasteiger partial charge in [-0.05, 0) is 31.3 Å². The van der Waals surface area contributed by atoms with Crippen LogP contribution in [0.4, 0.5) is 0 Å². The molecule has 76 valence electrons. The van der Waals surface area contributed by atoms with Gasteiger partial charge in [0.05, 0.1) is 0 Å². The Hall–Kier alpha value is -1.86. The number of hydrogen-bond donors (Lipinski definition) is 1. The Labute approximate surface area is 93.9 Å². The summed E-state index contributed by atoms with van der Waals surface area (Å²) in [5.74, 6) is 2.28. The van der Waals surface area contributed by atoms with Crippen molar-refractivity contribution in [2.24, 2.45) is 5.73 Å². The Morgan fingerprint density at radius 3 is 2.47 bits per heavy atom. The third-order valence-electron chi connectivity index (χ3n) is 1.67. The van der Waals surface area contributed by atoms with E-state index in [4.69, 9.17) is 18.0 Å². The molecule has 1 amide bonds. The maximum absolute atomic E-state index is 11.8. The standard InChI is InChI=1S/C11H10N2OS/c1-2-8-13(11(12)15)10(14)9-6-4-3-5-7-9/h3-7H,1H3,(H2,12,15). The van der Waals surface area contributed by atoms with Crippen molar-refractivity contribution in [1.29, 1.82) is 0 Å². The van der Waals surface area contributed by atoms with Gasteiger partial charge >= 0.3 is 0 Å². The molecule has 0 saturated carbocycles. The number of thiocarbonyl (C=S) groups is 1. The van der Waals surface area contributed by atoms with Crippen LogP contribution in [-0.2, 0) is 0 Å². The molecule has 0 aliphatic carbocycles. The largest absolute Gasteiger partial charge is 0.375 e. The average molecular weight is 218 g/mol. The third kappa shape index (κ3) is 2.79. The fourth-order valence-corrected chi connectivity index (χ4v) is 1.16. The van der Waals surface area contributed by atoms with Crippen LogP contribution in [0.2, 0.25) is 0 Å². The molecular formula is C11H10N2OS. The van der Waals surface area contributed by atoms with Gasteiger partial charge in [0, 0.05) is 11.6 Å². The van der Waals surface area contributed by atoms with Crippen molar-refractivity contribution in [2.45, 2.75) is 6.92 Å². The second kappa shape index (κ2) is 5.13. The normalized spacial score (nSPS) is 8.60. The van der Waals surface area contributed by atoms with E-state index < -0.39 is 0 Å². The molecule has 15 heavy (non-hydrogen) atoms. The first kappa shape index (κ1) is 11.2. The summed E-state index contributed by atoms with van der Waals surface area (Å²) in [7, 11) is 0. The number of benzene rings is 1. The lowest BCUT2D eigenvalue weighted by Crippen LogP contribution is -2.36. The Morgan fingerprint density at radius 2 is 2.00 bits per heavy atom. The quantitative estimate of drug-likeness (QED) is 0.440. The van der Waals surface area contributed by atoms with Crippen LogP contribution in [-0.4, -0.2) is 15.9 Å². The van der Waals surface area contributed by atoms with Crippen molar-refractivity contribution in [3.8, 4) is 12.0 Å². The number of nitrogens with two attached hydrogens (primary N) is 1. The number of rotatable bonds is 1. The fourth-order valence-electron chi connectivity index (χ4n) is 1.03. The van der Waals surface area contributed by atoms with E-state index in [0.717, 1.165) is 4.90 Å². The van der Waals surface area contributed by atoms with Crippen molar-refractivity contribution in [3.63, 3.8) is 0 Å². The van der Waals surface area contributed by atoms with Gasteiger partial charge in [-0.15, -0.1) is 0 Å². The SMILES string of the molecule is CC#CN(C(=O)c1ccccc1)C(N)=S. The highest BCUT2D eigenvalue weighted by molar-refractivity contribution is 7.80. The van der Waals surface area contributed by atoms with Crippen LogP contribution in [0, 0.1) is 12.0 Å². The molecule has 3 nitrogen and oxygen atoms in total. The number of carbonyl (C=O) groups is 1. The van der Waals surface area contributed by atoms with Crippen molar-refractivity contribution in [1.82, 2.24) is 4.90 Å². The molecule has 4 heteroatoms. The molecule has 0 spiro atoms. The molecule has 0 aromatic heterocycles. The number of carbonyl (C=O) groups excluding carboxylic acids is 1. The van der Waals surface area contributed by atoms with E-state index in [1.807, 2.05) is 6.07 Å². The average Bonchev–Trinajstić information content (AvgIpc) is 2.26.